The van der Waals surface area contributed by atoms with Gasteiger partial charge < -0.3 is 14.2 Å². The van der Waals surface area contributed by atoms with E-state index in [9.17, 15) is 26.4 Å². The van der Waals surface area contributed by atoms with E-state index in [1.165, 1.54) is 16.1 Å². The van der Waals surface area contributed by atoms with E-state index < -0.39 is 34.2 Å². The first kappa shape index (κ1) is 30.3. The molecule has 0 N–H and O–H groups in total. The van der Waals surface area contributed by atoms with E-state index in [0.717, 1.165) is 23.1 Å². The van der Waals surface area contributed by atoms with Crippen molar-refractivity contribution in [3.63, 3.8) is 0 Å². The number of rotatable bonds is 13. The minimum absolute atomic E-state index is 0.0226. The Morgan fingerprint density at radius 1 is 1.08 bits per heavy atom. The number of nitrogens with zero attached hydrogens (tertiary/aromatic N) is 1. The van der Waals surface area contributed by atoms with Crippen molar-refractivity contribution in [1.82, 2.24) is 4.31 Å². The fourth-order valence-corrected chi connectivity index (χ4v) is 6.56. The Hall–Kier alpha value is -1.96. The number of ether oxygens (including phenoxy) is 3. The van der Waals surface area contributed by atoms with Crippen LogP contribution >= 0.6 is 27.7 Å². The molecule has 36 heavy (non-hydrogen) atoms. The number of carbonyl (C=O) groups excluding carboxylic acids is 1. The van der Waals surface area contributed by atoms with Crippen molar-refractivity contribution in [2.24, 2.45) is 0 Å². The third-order valence-electron chi connectivity index (χ3n) is 4.59. The summed E-state index contributed by atoms with van der Waals surface area (Å²) in [6.07, 6.45) is -5.07. The average Bonchev–Trinajstić information content (AvgIpc) is 2.78. The molecule has 7 nitrogen and oxygen atoms in total. The molecule has 0 radical (unpaired) electrons. The molecule has 13 heteroatoms. The summed E-state index contributed by atoms with van der Waals surface area (Å²) in [6.45, 7) is 5.84. The van der Waals surface area contributed by atoms with Gasteiger partial charge in [0.2, 0.25) is 10.0 Å². The maximum atomic E-state index is 13.2. The molecule has 0 heterocycles. The number of alkyl halides is 3. The number of esters is 1. The molecule has 0 aliphatic rings. The summed E-state index contributed by atoms with van der Waals surface area (Å²) in [4.78, 5) is 12.4. The summed E-state index contributed by atoms with van der Waals surface area (Å²) in [7, 11) is -3.97. The average molecular weight is 615 g/mol. The number of sulfonamides is 1. The Bertz CT molecular complexity index is 1110. The normalized spacial score (nSPS) is 12.9. The first-order valence-corrected chi connectivity index (χ1v) is 14.2. The lowest BCUT2D eigenvalue weighted by Crippen LogP contribution is -2.34. The zero-order valence-electron chi connectivity index (χ0n) is 19.9. The van der Waals surface area contributed by atoms with Gasteiger partial charge >= 0.3 is 12.3 Å². The second kappa shape index (κ2) is 13.5. The highest BCUT2D eigenvalue weighted by Crippen LogP contribution is 2.32. The SMILES string of the molecule is CCCN(CCSc1ccc(OC(C)C(=O)OCC)cc1)S(=O)(=O)c1ccc(OC(F)(F)F)cc1Br. The molecule has 0 aliphatic heterocycles. The van der Waals surface area contributed by atoms with Crippen LogP contribution in [0.3, 0.4) is 0 Å². The Kier molecular flexibility index (Phi) is 11.4. The van der Waals surface area contributed by atoms with E-state index in [1.54, 1.807) is 38.1 Å². The lowest BCUT2D eigenvalue weighted by molar-refractivity contribution is -0.274. The topological polar surface area (TPSA) is 82.1 Å². The maximum absolute atomic E-state index is 13.2. The summed E-state index contributed by atoms with van der Waals surface area (Å²) in [5.41, 5.74) is 0. The molecular weight excluding hydrogens is 587 g/mol. The quantitative estimate of drug-likeness (QED) is 0.206. The van der Waals surface area contributed by atoms with E-state index in [-0.39, 0.29) is 29.1 Å². The van der Waals surface area contributed by atoms with Gasteiger partial charge in [0.15, 0.2) is 6.10 Å². The molecule has 0 bridgehead atoms. The lowest BCUT2D eigenvalue weighted by Gasteiger charge is -2.22. The molecule has 1 atom stereocenters. The molecular formula is C23H27BrF3NO6S2. The molecule has 0 amide bonds. The van der Waals surface area contributed by atoms with Gasteiger partial charge in [-0.05, 0) is 78.7 Å². The number of carbonyl (C=O) groups is 1. The summed E-state index contributed by atoms with van der Waals surface area (Å²) in [5, 5.41) is 0. The zero-order valence-corrected chi connectivity index (χ0v) is 23.1. The second-order valence-corrected chi connectivity index (χ2v) is 11.3. The minimum Gasteiger partial charge on any atom is -0.479 e. The van der Waals surface area contributed by atoms with Crippen LogP contribution in [0.25, 0.3) is 0 Å². The number of thioether (sulfide) groups is 1. The Morgan fingerprint density at radius 2 is 1.72 bits per heavy atom. The third-order valence-corrected chi connectivity index (χ3v) is 8.46. The number of benzene rings is 2. The van der Waals surface area contributed by atoms with Crippen molar-refractivity contribution in [1.29, 1.82) is 0 Å². The maximum Gasteiger partial charge on any atom is 0.573 e. The van der Waals surface area contributed by atoms with Crippen LogP contribution in [0.2, 0.25) is 0 Å². The van der Waals surface area contributed by atoms with Crippen LogP contribution in [0.5, 0.6) is 11.5 Å². The zero-order chi connectivity index (χ0) is 26.9. The van der Waals surface area contributed by atoms with Crippen molar-refractivity contribution in [3.05, 3.63) is 46.9 Å². The molecule has 2 aromatic rings. The van der Waals surface area contributed by atoms with E-state index in [0.29, 0.717) is 17.9 Å². The van der Waals surface area contributed by atoms with Gasteiger partial charge in [-0.3, -0.25) is 0 Å². The summed E-state index contributed by atoms with van der Waals surface area (Å²) in [6, 6.07) is 10.0. The molecule has 0 saturated heterocycles. The van der Waals surface area contributed by atoms with Crippen LogP contribution in [0.1, 0.15) is 27.2 Å². The van der Waals surface area contributed by atoms with E-state index in [1.807, 2.05) is 6.92 Å². The van der Waals surface area contributed by atoms with Crippen molar-refractivity contribution in [2.45, 2.75) is 49.4 Å². The number of hydrogen-bond donors (Lipinski definition) is 0. The van der Waals surface area contributed by atoms with Crippen molar-refractivity contribution in [2.75, 3.05) is 25.4 Å². The van der Waals surface area contributed by atoms with E-state index in [2.05, 4.69) is 20.7 Å². The van der Waals surface area contributed by atoms with Crippen molar-refractivity contribution in [3.8, 4) is 11.5 Å². The largest absolute Gasteiger partial charge is 0.573 e. The molecule has 0 aliphatic carbocycles. The Labute approximate surface area is 221 Å². The molecule has 0 saturated carbocycles. The summed E-state index contributed by atoms with van der Waals surface area (Å²) >= 11 is 4.49. The van der Waals surface area contributed by atoms with Gasteiger partial charge in [0.25, 0.3) is 0 Å². The van der Waals surface area contributed by atoms with Crippen LogP contribution in [0, 0.1) is 0 Å². The van der Waals surface area contributed by atoms with Crippen LogP contribution < -0.4 is 9.47 Å². The highest BCUT2D eigenvalue weighted by Gasteiger charge is 2.32. The predicted molar refractivity (Wildman–Crippen MR) is 134 cm³/mol. The van der Waals surface area contributed by atoms with Crippen LogP contribution in [0.4, 0.5) is 13.2 Å². The second-order valence-electron chi connectivity index (χ2n) is 7.38. The van der Waals surface area contributed by atoms with Gasteiger partial charge in [0, 0.05) is 28.2 Å². The van der Waals surface area contributed by atoms with E-state index in [4.69, 9.17) is 9.47 Å². The smallest absolute Gasteiger partial charge is 0.479 e. The van der Waals surface area contributed by atoms with Crippen molar-refractivity contribution >= 4 is 43.7 Å². The summed E-state index contributed by atoms with van der Waals surface area (Å²) in [5.74, 6) is -0.0406. The minimum atomic E-state index is -4.88. The first-order valence-electron chi connectivity index (χ1n) is 11.0. The monoisotopic (exact) mass is 613 g/mol. The van der Waals surface area contributed by atoms with Gasteiger partial charge in [-0.1, -0.05) is 6.92 Å². The lowest BCUT2D eigenvalue weighted by atomic mass is 10.3. The van der Waals surface area contributed by atoms with Crippen LogP contribution in [0.15, 0.2) is 56.7 Å². The first-order chi connectivity index (χ1) is 16.9. The predicted octanol–water partition coefficient (Wildman–Crippen LogP) is 5.87. The standard InChI is InChI=1S/C23H27BrF3NO6S2/c1-4-12-28(36(30,31)21-11-8-18(15-20(21)24)34-23(25,26)27)13-14-35-19-9-6-17(7-10-19)33-16(3)22(29)32-5-2/h6-11,15-16H,4-5,12-14H2,1-3H3. The van der Waals surface area contributed by atoms with E-state index >= 15 is 0 Å². The molecule has 0 spiro atoms. The van der Waals surface area contributed by atoms with Crippen LogP contribution in [-0.2, 0) is 19.6 Å². The number of halogens is 4. The Balaban J connectivity index is 2.02. The molecule has 2 rings (SSSR count). The number of hydrogen-bond acceptors (Lipinski definition) is 7. The highest BCUT2D eigenvalue weighted by molar-refractivity contribution is 9.10. The van der Waals surface area contributed by atoms with Gasteiger partial charge in [-0.15, -0.1) is 24.9 Å². The highest BCUT2D eigenvalue weighted by atomic mass is 79.9. The van der Waals surface area contributed by atoms with Gasteiger partial charge in [-0.2, -0.15) is 4.31 Å². The van der Waals surface area contributed by atoms with Crippen molar-refractivity contribution < 1.29 is 40.6 Å². The summed E-state index contributed by atoms with van der Waals surface area (Å²) < 4.78 is 79.4. The third kappa shape index (κ3) is 9.16. The Morgan fingerprint density at radius 3 is 2.28 bits per heavy atom. The van der Waals surface area contributed by atoms with Gasteiger partial charge in [0.1, 0.15) is 11.5 Å². The molecule has 1 unspecified atom stereocenters. The molecule has 2 aromatic carbocycles. The van der Waals surface area contributed by atoms with Gasteiger partial charge in [-0.25, -0.2) is 13.2 Å². The fourth-order valence-electron chi connectivity index (χ4n) is 3.02. The molecule has 0 fully saturated rings. The fraction of sp³-hybridized carbons (Fsp3) is 0.435. The molecule has 200 valence electrons. The van der Waals surface area contributed by atoms with Crippen LogP contribution in [-0.4, -0.2) is 56.6 Å². The van der Waals surface area contributed by atoms with Gasteiger partial charge in [0.05, 0.1) is 11.5 Å². The molecule has 0 aromatic heterocycles.